The summed E-state index contributed by atoms with van der Waals surface area (Å²) in [5.41, 5.74) is 1.88. The Balaban J connectivity index is 2.73. The number of hydrogen-bond acceptors (Lipinski definition) is 1. The van der Waals surface area contributed by atoms with Gasteiger partial charge in [-0.3, -0.25) is 4.79 Å². The Morgan fingerprint density at radius 3 is 2.40 bits per heavy atom. The highest BCUT2D eigenvalue weighted by molar-refractivity contribution is 5.93. The molecule has 2 heteroatoms. The van der Waals surface area contributed by atoms with Crippen molar-refractivity contribution >= 4 is 5.91 Å². The monoisotopic (exact) mass is 201 g/mol. The van der Waals surface area contributed by atoms with Gasteiger partial charge in [0.05, 0.1) is 0 Å². The van der Waals surface area contributed by atoms with Crippen molar-refractivity contribution in [2.75, 3.05) is 14.1 Å². The molecule has 0 fully saturated rings. The molecule has 0 heterocycles. The summed E-state index contributed by atoms with van der Waals surface area (Å²) in [7, 11) is 3.49. The standard InChI is InChI=1S/C13H15NO/c1-4-5-6-11-7-9-12(10-8-11)13(15)14(2)3/h1,7-10H,5-6H2,2-3H3. The van der Waals surface area contributed by atoms with Crippen LogP contribution in [0.5, 0.6) is 0 Å². The maximum absolute atomic E-state index is 11.6. The number of aryl methyl sites for hydroxylation is 1. The van der Waals surface area contributed by atoms with Gasteiger partial charge < -0.3 is 4.90 Å². The minimum atomic E-state index is 0.0264. The van der Waals surface area contributed by atoms with Gasteiger partial charge in [-0.1, -0.05) is 12.1 Å². The molecule has 1 rings (SSSR count). The van der Waals surface area contributed by atoms with Crippen molar-refractivity contribution in [1.82, 2.24) is 4.90 Å². The maximum atomic E-state index is 11.6. The van der Waals surface area contributed by atoms with Gasteiger partial charge in [0.2, 0.25) is 0 Å². The fraction of sp³-hybridized carbons (Fsp3) is 0.308. The van der Waals surface area contributed by atoms with Crippen molar-refractivity contribution in [3.8, 4) is 12.3 Å². The molecule has 0 aliphatic heterocycles. The summed E-state index contributed by atoms with van der Waals surface area (Å²) < 4.78 is 0. The van der Waals surface area contributed by atoms with Crippen molar-refractivity contribution in [3.63, 3.8) is 0 Å². The van der Waals surface area contributed by atoms with Crippen LogP contribution in [0.1, 0.15) is 22.3 Å². The van der Waals surface area contributed by atoms with E-state index in [2.05, 4.69) is 5.92 Å². The molecule has 78 valence electrons. The van der Waals surface area contributed by atoms with Gasteiger partial charge in [-0.15, -0.1) is 12.3 Å². The molecule has 1 aromatic carbocycles. The maximum Gasteiger partial charge on any atom is 0.253 e. The van der Waals surface area contributed by atoms with Gasteiger partial charge in [0.25, 0.3) is 5.91 Å². The molecule has 1 aromatic rings. The molecule has 0 radical (unpaired) electrons. The lowest BCUT2D eigenvalue weighted by Crippen LogP contribution is -2.21. The van der Waals surface area contributed by atoms with E-state index < -0.39 is 0 Å². The van der Waals surface area contributed by atoms with E-state index in [9.17, 15) is 4.79 Å². The Kier molecular flexibility index (Phi) is 3.93. The van der Waals surface area contributed by atoms with E-state index in [0.717, 1.165) is 12.8 Å². The summed E-state index contributed by atoms with van der Waals surface area (Å²) in [6.07, 6.45) is 6.79. The predicted molar refractivity (Wildman–Crippen MR) is 61.6 cm³/mol. The number of nitrogens with zero attached hydrogens (tertiary/aromatic N) is 1. The second kappa shape index (κ2) is 5.21. The molecule has 0 N–H and O–H groups in total. The molecule has 0 bridgehead atoms. The number of benzene rings is 1. The van der Waals surface area contributed by atoms with Gasteiger partial charge in [0.15, 0.2) is 0 Å². The number of amides is 1. The molecular weight excluding hydrogens is 186 g/mol. The fourth-order valence-electron chi connectivity index (χ4n) is 1.29. The first kappa shape index (κ1) is 11.3. The average molecular weight is 201 g/mol. The minimum absolute atomic E-state index is 0.0264. The van der Waals surface area contributed by atoms with Crippen LogP contribution in [0.3, 0.4) is 0 Å². The van der Waals surface area contributed by atoms with Crippen LogP contribution in [0.2, 0.25) is 0 Å². The molecule has 1 amide bonds. The van der Waals surface area contributed by atoms with E-state index >= 15 is 0 Å². The van der Waals surface area contributed by atoms with E-state index in [0.29, 0.717) is 5.56 Å². The van der Waals surface area contributed by atoms with E-state index in [1.165, 1.54) is 5.56 Å². The topological polar surface area (TPSA) is 20.3 Å². The van der Waals surface area contributed by atoms with Crippen molar-refractivity contribution < 1.29 is 4.79 Å². The molecular formula is C13H15NO. The highest BCUT2D eigenvalue weighted by Gasteiger charge is 2.06. The van der Waals surface area contributed by atoms with Gasteiger partial charge in [0, 0.05) is 26.1 Å². The summed E-state index contributed by atoms with van der Waals surface area (Å²) in [6.45, 7) is 0. The van der Waals surface area contributed by atoms with Gasteiger partial charge in [-0.05, 0) is 24.1 Å². The van der Waals surface area contributed by atoms with Crippen LogP contribution >= 0.6 is 0 Å². The third-order valence-corrected chi connectivity index (χ3v) is 2.17. The van der Waals surface area contributed by atoms with Crippen LogP contribution in [-0.4, -0.2) is 24.9 Å². The largest absolute Gasteiger partial charge is 0.345 e. The zero-order chi connectivity index (χ0) is 11.3. The van der Waals surface area contributed by atoms with E-state index in [1.807, 2.05) is 24.3 Å². The smallest absolute Gasteiger partial charge is 0.253 e. The molecule has 0 saturated carbocycles. The number of carbonyl (C=O) groups is 1. The second-order valence-corrected chi connectivity index (χ2v) is 3.60. The lowest BCUT2D eigenvalue weighted by Gasteiger charge is -2.10. The summed E-state index contributed by atoms with van der Waals surface area (Å²) >= 11 is 0. The van der Waals surface area contributed by atoms with Crippen molar-refractivity contribution in [3.05, 3.63) is 35.4 Å². The third kappa shape index (κ3) is 3.14. The second-order valence-electron chi connectivity index (χ2n) is 3.60. The molecule has 0 aromatic heterocycles. The predicted octanol–water partition coefficient (Wildman–Crippen LogP) is 1.95. The SMILES string of the molecule is C#CCCc1ccc(C(=O)N(C)C)cc1. The molecule has 0 unspecified atom stereocenters. The Hall–Kier alpha value is -1.75. The third-order valence-electron chi connectivity index (χ3n) is 2.17. The fourth-order valence-corrected chi connectivity index (χ4v) is 1.29. The number of rotatable bonds is 3. The number of terminal acetylenes is 1. The van der Waals surface area contributed by atoms with Crippen LogP contribution in [0.4, 0.5) is 0 Å². The summed E-state index contributed by atoms with van der Waals surface area (Å²) in [4.78, 5) is 13.1. The van der Waals surface area contributed by atoms with Crippen LogP contribution < -0.4 is 0 Å². The first-order valence-corrected chi connectivity index (χ1v) is 4.89. The van der Waals surface area contributed by atoms with Crippen molar-refractivity contribution in [2.24, 2.45) is 0 Å². The molecule has 15 heavy (non-hydrogen) atoms. The molecule has 2 nitrogen and oxygen atoms in total. The van der Waals surface area contributed by atoms with Crippen LogP contribution in [0, 0.1) is 12.3 Å². The molecule has 0 aliphatic carbocycles. The Bertz CT molecular complexity index is 371. The highest BCUT2D eigenvalue weighted by Crippen LogP contribution is 2.07. The molecule has 0 aliphatic rings. The lowest BCUT2D eigenvalue weighted by atomic mass is 10.1. The van der Waals surface area contributed by atoms with Crippen LogP contribution in [-0.2, 0) is 6.42 Å². The van der Waals surface area contributed by atoms with Crippen LogP contribution in [0.15, 0.2) is 24.3 Å². The highest BCUT2D eigenvalue weighted by atomic mass is 16.2. The van der Waals surface area contributed by atoms with Crippen molar-refractivity contribution in [2.45, 2.75) is 12.8 Å². The molecule has 0 saturated heterocycles. The van der Waals surface area contributed by atoms with E-state index in [1.54, 1.807) is 19.0 Å². The zero-order valence-corrected chi connectivity index (χ0v) is 9.16. The Morgan fingerprint density at radius 2 is 1.93 bits per heavy atom. The zero-order valence-electron chi connectivity index (χ0n) is 9.16. The quantitative estimate of drug-likeness (QED) is 0.684. The minimum Gasteiger partial charge on any atom is -0.345 e. The molecule has 0 atom stereocenters. The molecule has 0 spiro atoms. The summed E-state index contributed by atoms with van der Waals surface area (Å²) in [5.74, 6) is 2.62. The van der Waals surface area contributed by atoms with Crippen LogP contribution in [0.25, 0.3) is 0 Å². The lowest BCUT2D eigenvalue weighted by molar-refractivity contribution is 0.0827. The van der Waals surface area contributed by atoms with Gasteiger partial charge in [-0.25, -0.2) is 0 Å². The first-order chi connectivity index (χ1) is 7.15. The van der Waals surface area contributed by atoms with Gasteiger partial charge >= 0.3 is 0 Å². The van der Waals surface area contributed by atoms with Crippen molar-refractivity contribution in [1.29, 1.82) is 0 Å². The number of carbonyl (C=O) groups excluding carboxylic acids is 1. The summed E-state index contributed by atoms with van der Waals surface area (Å²) in [5, 5.41) is 0. The van der Waals surface area contributed by atoms with E-state index in [-0.39, 0.29) is 5.91 Å². The normalized spacial score (nSPS) is 9.40. The van der Waals surface area contributed by atoms with Gasteiger partial charge in [-0.2, -0.15) is 0 Å². The number of hydrogen-bond donors (Lipinski definition) is 0. The Labute approximate surface area is 90.9 Å². The van der Waals surface area contributed by atoms with E-state index in [4.69, 9.17) is 6.42 Å². The summed E-state index contributed by atoms with van der Waals surface area (Å²) in [6, 6.07) is 7.59. The Morgan fingerprint density at radius 1 is 1.33 bits per heavy atom. The first-order valence-electron chi connectivity index (χ1n) is 4.89. The van der Waals surface area contributed by atoms with Gasteiger partial charge in [0.1, 0.15) is 0 Å². The average Bonchev–Trinajstić information content (AvgIpc) is 2.26.